The fourth-order valence-electron chi connectivity index (χ4n) is 3.20. The Morgan fingerprint density at radius 3 is 2.74 bits per heavy atom. The van der Waals surface area contributed by atoms with Crippen LogP contribution in [0.4, 0.5) is 4.39 Å². The van der Waals surface area contributed by atoms with Crippen LogP contribution in [-0.4, -0.2) is 54.4 Å². The van der Waals surface area contributed by atoms with Gasteiger partial charge in [0.2, 0.25) is 0 Å². The van der Waals surface area contributed by atoms with Gasteiger partial charge >= 0.3 is 0 Å². The fraction of sp³-hybridized carbons (Fsp3) is 0.474. The Balaban J connectivity index is 1.81. The number of rotatable bonds is 5. The second kappa shape index (κ2) is 7.96. The number of halogens is 2. The first-order valence-electron chi connectivity index (χ1n) is 8.83. The third-order valence-corrected chi connectivity index (χ3v) is 5.15. The number of nitrogens with one attached hydrogen (secondary N) is 1. The van der Waals surface area contributed by atoms with Gasteiger partial charge in [0.05, 0.1) is 23.8 Å². The number of ether oxygens (including phenoxy) is 1. The van der Waals surface area contributed by atoms with Crippen molar-refractivity contribution in [1.29, 1.82) is 0 Å². The summed E-state index contributed by atoms with van der Waals surface area (Å²) in [5.74, 6) is -0.617. The molecule has 2 aromatic rings. The lowest BCUT2D eigenvalue weighted by Gasteiger charge is -2.40. The van der Waals surface area contributed by atoms with E-state index >= 15 is 0 Å². The number of carbonyl (C=O) groups excluding carboxylic acids is 1. The van der Waals surface area contributed by atoms with Crippen LogP contribution in [0.2, 0.25) is 5.02 Å². The average Bonchev–Trinajstić information content (AvgIpc) is 3.02. The Morgan fingerprint density at radius 2 is 2.07 bits per heavy atom. The van der Waals surface area contributed by atoms with Crippen LogP contribution in [-0.2, 0) is 4.74 Å². The van der Waals surface area contributed by atoms with E-state index in [0.29, 0.717) is 25.5 Å². The van der Waals surface area contributed by atoms with Gasteiger partial charge in [0.25, 0.3) is 5.91 Å². The van der Waals surface area contributed by atoms with Crippen LogP contribution in [0.3, 0.4) is 0 Å². The summed E-state index contributed by atoms with van der Waals surface area (Å²) in [6.45, 7) is 9.14. The van der Waals surface area contributed by atoms with Gasteiger partial charge in [0, 0.05) is 25.2 Å². The number of carbonyl (C=O) groups is 1. The number of nitrogens with zero attached hydrogens (tertiary/aromatic N) is 2. The molecule has 0 aliphatic carbocycles. The molecule has 0 bridgehead atoms. The lowest BCUT2D eigenvalue weighted by Crippen LogP contribution is -2.55. The topological polar surface area (TPSA) is 67.6 Å². The van der Waals surface area contributed by atoms with Crippen LogP contribution < -0.4 is 5.32 Å². The molecule has 0 radical (unpaired) electrons. The number of morpholine rings is 1. The summed E-state index contributed by atoms with van der Waals surface area (Å²) in [6.07, 6.45) is 0. The van der Waals surface area contributed by atoms with Gasteiger partial charge in [-0.3, -0.25) is 9.69 Å². The Labute approximate surface area is 162 Å². The normalized spacial score (nSPS) is 15.7. The highest BCUT2D eigenvalue weighted by atomic mass is 35.5. The number of hydrogen-bond acceptors (Lipinski definition) is 5. The summed E-state index contributed by atoms with van der Waals surface area (Å²) in [7, 11) is 0. The number of benzene rings is 1. The number of aromatic nitrogens is 1. The van der Waals surface area contributed by atoms with E-state index in [1.165, 1.54) is 12.1 Å². The van der Waals surface area contributed by atoms with Crippen molar-refractivity contribution in [1.82, 2.24) is 15.4 Å². The second-order valence-electron chi connectivity index (χ2n) is 7.15. The summed E-state index contributed by atoms with van der Waals surface area (Å²) in [4.78, 5) is 15.1. The van der Waals surface area contributed by atoms with Crippen LogP contribution in [0.5, 0.6) is 0 Å². The lowest BCUT2D eigenvalue weighted by atomic mass is 10.0. The maximum Gasteiger partial charge on any atom is 0.257 e. The van der Waals surface area contributed by atoms with Crippen LogP contribution in [0.1, 0.15) is 30.0 Å². The molecule has 1 saturated heterocycles. The van der Waals surface area contributed by atoms with Gasteiger partial charge in [-0.05, 0) is 32.9 Å². The molecule has 0 saturated carbocycles. The molecule has 0 atom stereocenters. The summed E-state index contributed by atoms with van der Waals surface area (Å²) < 4.78 is 24.8. The van der Waals surface area contributed by atoms with E-state index in [9.17, 15) is 9.18 Å². The fourth-order valence-corrected chi connectivity index (χ4v) is 3.45. The highest BCUT2D eigenvalue weighted by Crippen LogP contribution is 2.33. The van der Waals surface area contributed by atoms with Gasteiger partial charge in [-0.25, -0.2) is 4.39 Å². The van der Waals surface area contributed by atoms with Crippen molar-refractivity contribution in [3.63, 3.8) is 0 Å². The summed E-state index contributed by atoms with van der Waals surface area (Å²) >= 11 is 6.13. The van der Waals surface area contributed by atoms with Crippen LogP contribution in [0.15, 0.2) is 22.7 Å². The molecule has 1 aliphatic rings. The monoisotopic (exact) mass is 395 g/mol. The van der Waals surface area contributed by atoms with Gasteiger partial charge in [0.15, 0.2) is 0 Å². The van der Waals surface area contributed by atoms with E-state index in [1.54, 1.807) is 13.0 Å². The average molecular weight is 396 g/mol. The SMILES string of the molecule is Cc1onc(-c2c(F)cccc2Cl)c1C(=O)NCC(C)(C)N1CCOCC1. The van der Waals surface area contributed by atoms with E-state index in [-0.39, 0.29) is 33.3 Å². The van der Waals surface area contributed by atoms with Crippen molar-refractivity contribution in [3.8, 4) is 11.3 Å². The Bertz CT molecular complexity index is 811. The van der Waals surface area contributed by atoms with Crippen molar-refractivity contribution in [2.24, 2.45) is 0 Å². The first kappa shape index (κ1) is 19.8. The molecule has 27 heavy (non-hydrogen) atoms. The van der Waals surface area contributed by atoms with Crippen molar-refractivity contribution >= 4 is 17.5 Å². The Morgan fingerprint density at radius 1 is 1.37 bits per heavy atom. The van der Waals surface area contributed by atoms with E-state index in [0.717, 1.165) is 13.1 Å². The summed E-state index contributed by atoms with van der Waals surface area (Å²) in [6, 6.07) is 4.32. The van der Waals surface area contributed by atoms with Crippen LogP contribution >= 0.6 is 11.6 Å². The highest BCUT2D eigenvalue weighted by molar-refractivity contribution is 6.33. The largest absolute Gasteiger partial charge is 0.379 e. The maximum atomic E-state index is 14.3. The third-order valence-electron chi connectivity index (χ3n) is 4.84. The van der Waals surface area contributed by atoms with E-state index in [2.05, 4.69) is 29.2 Å². The minimum atomic E-state index is -0.557. The summed E-state index contributed by atoms with van der Waals surface area (Å²) in [5.41, 5.74) is 0.117. The zero-order valence-corrected chi connectivity index (χ0v) is 16.4. The Kier molecular flexibility index (Phi) is 5.83. The number of amides is 1. The molecule has 0 spiro atoms. The third kappa shape index (κ3) is 4.15. The molecular weight excluding hydrogens is 373 g/mol. The molecule has 3 rings (SSSR count). The van der Waals surface area contributed by atoms with Gasteiger partial charge < -0.3 is 14.6 Å². The molecule has 1 aromatic carbocycles. The van der Waals surface area contributed by atoms with Crippen molar-refractivity contribution in [2.45, 2.75) is 26.3 Å². The minimum Gasteiger partial charge on any atom is -0.379 e. The van der Waals surface area contributed by atoms with Gasteiger partial charge in [0.1, 0.15) is 22.8 Å². The van der Waals surface area contributed by atoms with E-state index in [4.69, 9.17) is 20.9 Å². The number of hydrogen-bond donors (Lipinski definition) is 1. The molecule has 2 heterocycles. The van der Waals surface area contributed by atoms with Gasteiger partial charge in [-0.1, -0.05) is 22.8 Å². The molecule has 1 aliphatic heterocycles. The molecule has 0 unspecified atom stereocenters. The predicted octanol–water partition coefficient (Wildman–Crippen LogP) is 3.28. The van der Waals surface area contributed by atoms with E-state index in [1.807, 2.05) is 0 Å². The smallest absolute Gasteiger partial charge is 0.257 e. The molecule has 1 N–H and O–H groups in total. The molecule has 1 amide bonds. The standard InChI is InChI=1S/C19H23ClFN3O3/c1-12-15(17(23-27-12)16-13(20)5-4-6-14(16)21)18(25)22-11-19(2,3)24-7-9-26-10-8-24/h4-6H,7-11H2,1-3H3,(H,22,25). The van der Waals surface area contributed by atoms with Gasteiger partial charge in [-0.15, -0.1) is 0 Å². The highest BCUT2D eigenvalue weighted by Gasteiger charge is 2.31. The van der Waals surface area contributed by atoms with Gasteiger partial charge in [-0.2, -0.15) is 0 Å². The van der Waals surface area contributed by atoms with Crippen molar-refractivity contribution in [3.05, 3.63) is 40.4 Å². The van der Waals surface area contributed by atoms with E-state index < -0.39 is 5.82 Å². The van der Waals surface area contributed by atoms with Crippen LogP contribution in [0, 0.1) is 12.7 Å². The molecule has 1 fully saturated rings. The number of aryl methyl sites for hydroxylation is 1. The maximum absolute atomic E-state index is 14.3. The first-order valence-corrected chi connectivity index (χ1v) is 9.20. The van der Waals surface area contributed by atoms with Crippen molar-refractivity contribution < 1.29 is 18.4 Å². The quantitative estimate of drug-likeness (QED) is 0.841. The second-order valence-corrected chi connectivity index (χ2v) is 7.56. The molecular formula is C19H23ClFN3O3. The molecule has 1 aromatic heterocycles. The zero-order valence-electron chi connectivity index (χ0n) is 15.6. The summed E-state index contributed by atoms with van der Waals surface area (Å²) in [5, 5.41) is 6.97. The molecule has 6 nitrogen and oxygen atoms in total. The lowest BCUT2D eigenvalue weighted by molar-refractivity contribution is -0.00923. The molecule has 8 heteroatoms. The predicted molar refractivity (Wildman–Crippen MR) is 100 cm³/mol. The minimum absolute atomic E-state index is 0.0635. The first-order chi connectivity index (χ1) is 12.8. The molecule has 146 valence electrons. The Hall–Kier alpha value is -1.96. The van der Waals surface area contributed by atoms with Crippen LogP contribution in [0.25, 0.3) is 11.3 Å². The van der Waals surface area contributed by atoms with Crippen molar-refractivity contribution in [2.75, 3.05) is 32.8 Å². The zero-order chi connectivity index (χ0) is 19.6.